The molecule has 3 nitrogen and oxygen atoms in total. The third-order valence-corrected chi connectivity index (χ3v) is 4.55. The quantitative estimate of drug-likeness (QED) is 0.885. The number of fused-ring (bicyclic) bond motifs is 1. The predicted molar refractivity (Wildman–Crippen MR) is 77.2 cm³/mol. The molecule has 0 saturated heterocycles. The molecule has 1 aromatic carbocycles. The first-order valence-corrected chi connectivity index (χ1v) is 7.21. The fourth-order valence-electron chi connectivity index (χ4n) is 3.20. The average molecular weight is 258 g/mol. The van der Waals surface area contributed by atoms with Gasteiger partial charge in [0, 0.05) is 12.2 Å². The van der Waals surface area contributed by atoms with E-state index in [4.69, 9.17) is 5.73 Å². The van der Waals surface area contributed by atoms with Crippen LogP contribution in [0.3, 0.4) is 0 Å². The van der Waals surface area contributed by atoms with Gasteiger partial charge in [-0.1, -0.05) is 18.2 Å². The third-order valence-electron chi connectivity index (χ3n) is 4.55. The van der Waals surface area contributed by atoms with Crippen LogP contribution in [0.15, 0.2) is 18.2 Å². The summed E-state index contributed by atoms with van der Waals surface area (Å²) in [5.74, 6) is 0.472. The zero-order chi connectivity index (χ0) is 13.6. The molecule has 2 aliphatic rings. The number of benzene rings is 1. The standard InChI is InChI=1S/C16H22N2O/c1-11-5-3-6-12-7-4-10-18(14(11)12)15(19)16(2,17)13-8-9-13/h3,5-6,13H,4,7-10,17H2,1-2H3. The monoisotopic (exact) mass is 258 g/mol. The number of para-hydroxylation sites is 1. The van der Waals surface area contributed by atoms with Crippen LogP contribution >= 0.6 is 0 Å². The summed E-state index contributed by atoms with van der Waals surface area (Å²) in [6.45, 7) is 4.78. The van der Waals surface area contributed by atoms with E-state index in [9.17, 15) is 4.79 Å². The Morgan fingerprint density at radius 3 is 2.84 bits per heavy atom. The van der Waals surface area contributed by atoms with Gasteiger partial charge in [-0.05, 0) is 56.6 Å². The Labute approximate surface area is 114 Å². The molecule has 102 valence electrons. The number of carbonyl (C=O) groups excluding carboxylic acids is 1. The van der Waals surface area contributed by atoms with Gasteiger partial charge in [0.2, 0.25) is 5.91 Å². The molecular weight excluding hydrogens is 236 g/mol. The van der Waals surface area contributed by atoms with E-state index >= 15 is 0 Å². The molecule has 1 aromatic rings. The van der Waals surface area contributed by atoms with E-state index in [1.54, 1.807) is 0 Å². The van der Waals surface area contributed by atoms with Gasteiger partial charge in [0.25, 0.3) is 0 Å². The summed E-state index contributed by atoms with van der Waals surface area (Å²) in [5, 5.41) is 0. The molecule has 1 aliphatic carbocycles. The first kappa shape index (κ1) is 12.7. The molecule has 1 unspecified atom stereocenters. The van der Waals surface area contributed by atoms with Crippen molar-refractivity contribution < 1.29 is 4.79 Å². The molecule has 3 rings (SSSR count). The van der Waals surface area contributed by atoms with Crippen LogP contribution in [-0.2, 0) is 11.2 Å². The maximum absolute atomic E-state index is 12.8. The van der Waals surface area contributed by atoms with Crippen LogP contribution in [0, 0.1) is 12.8 Å². The Kier molecular flexibility index (Phi) is 2.90. The average Bonchev–Trinajstić information content (AvgIpc) is 3.22. The van der Waals surface area contributed by atoms with Crippen molar-refractivity contribution in [3.8, 4) is 0 Å². The molecule has 1 heterocycles. The Bertz CT molecular complexity index is 517. The van der Waals surface area contributed by atoms with E-state index in [1.165, 1.54) is 11.1 Å². The van der Waals surface area contributed by atoms with Gasteiger partial charge >= 0.3 is 0 Å². The molecule has 0 radical (unpaired) electrons. The van der Waals surface area contributed by atoms with Crippen LogP contribution in [0.5, 0.6) is 0 Å². The number of rotatable bonds is 2. The fourth-order valence-corrected chi connectivity index (χ4v) is 3.20. The second kappa shape index (κ2) is 4.34. The summed E-state index contributed by atoms with van der Waals surface area (Å²) in [5.41, 5.74) is 9.18. The van der Waals surface area contributed by atoms with Crippen LogP contribution in [0.2, 0.25) is 0 Å². The van der Waals surface area contributed by atoms with Gasteiger partial charge < -0.3 is 10.6 Å². The number of hydrogen-bond donors (Lipinski definition) is 1. The second-order valence-corrected chi connectivity index (χ2v) is 6.20. The number of aryl methyl sites for hydroxylation is 2. The van der Waals surface area contributed by atoms with Crippen molar-refractivity contribution in [1.29, 1.82) is 0 Å². The highest BCUT2D eigenvalue weighted by atomic mass is 16.2. The van der Waals surface area contributed by atoms with Crippen molar-refractivity contribution in [2.24, 2.45) is 11.7 Å². The van der Waals surface area contributed by atoms with Gasteiger partial charge in [0.05, 0.1) is 5.54 Å². The van der Waals surface area contributed by atoms with Gasteiger partial charge in [-0.2, -0.15) is 0 Å². The van der Waals surface area contributed by atoms with Gasteiger partial charge in [-0.15, -0.1) is 0 Å². The minimum Gasteiger partial charge on any atom is -0.317 e. The predicted octanol–water partition coefficient (Wildman–Crippen LogP) is 2.40. The number of carbonyl (C=O) groups is 1. The fraction of sp³-hybridized carbons (Fsp3) is 0.562. The molecule has 0 spiro atoms. The highest BCUT2D eigenvalue weighted by Gasteiger charge is 2.46. The Morgan fingerprint density at radius 2 is 2.16 bits per heavy atom. The van der Waals surface area contributed by atoms with E-state index in [1.807, 2.05) is 11.8 Å². The van der Waals surface area contributed by atoms with E-state index in [-0.39, 0.29) is 5.91 Å². The van der Waals surface area contributed by atoms with Crippen molar-refractivity contribution in [1.82, 2.24) is 0 Å². The number of nitrogens with two attached hydrogens (primary N) is 1. The van der Waals surface area contributed by atoms with E-state index in [0.717, 1.165) is 37.9 Å². The lowest BCUT2D eigenvalue weighted by molar-refractivity contribution is -0.124. The van der Waals surface area contributed by atoms with Crippen molar-refractivity contribution in [2.45, 2.75) is 45.1 Å². The molecule has 2 N–H and O–H groups in total. The molecular formula is C16H22N2O. The van der Waals surface area contributed by atoms with Crippen LogP contribution < -0.4 is 10.6 Å². The summed E-state index contributed by atoms with van der Waals surface area (Å²) in [4.78, 5) is 14.8. The van der Waals surface area contributed by atoms with E-state index in [2.05, 4.69) is 25.1 Å². The molecule has 1 aliphatic heterocycles. The lowest BCUT2D eigenvalue weighted by Gasteiger charge is -2.36. The van der Waals surface area contributed by atoms with Gasteiger partial charge in [0.1, 0.15) is 0 Å². The Hall–Kier alpha value is -1.35. The minimum atomic E-state index is -0.698. The van der Waals surface area contributed by atoms with Crippen LogP contribution in [0.25, 0.3) is 0 Å². The first-order chi connectivity index (χ1) is 9.01. The van der Waals surface area contributed by atoms with Crippen LogP contribution in [0.1, 0.15) is 37.3 Å². The highest BCUT2D eigenvalue weighted by molar-refractivity contribution is 6.01. The zero-order valence-corrected chi connectivity index (χ0v) is 11.8. The summed E-state index contributed by atoms with van der Waals surface area (Å²) >= 11 is 0. The van der Waals surface area contributed by atoms with Crippen molar-refractivity contribution in [3.05, 3.63) is 29.3 Å². The smallest absolute Gasteiger partial charge is 0.247 e. The van der Waals surface area contributed by atoms with Gasteiger partial charge in [-0.25, -0.2) is 0 Å². The van der Waals surface area contributed by atoms with Crippen LogP contribution in [0.4, 0.5) is 5.69 Å². The lowest BCUT2D eigenvalue weighted by atomic mass is 9.91. The summed E-state index contributed by atoms with van der Waals surface area (Å²) < 4.78 is 0. The van der Waals surface area contributed by atoms with Crippen LogP contribution in [-0.4, -0.2) is 18.0 Å². The first-order valence-electron chi connectivity index (χ1n) is 7.21. The number of nitrogens with zero attached hydrogens (tertiary/aromatic N) is 1. The third kappa shape index (κ3) is 2.06. The number of hydrogen-bond acceptors (Lipinski definition) is 2. The van der Waals surface area contributed by atoms with Crippen molar-refractivity contribution in [3.63, 3.8) is 0 Å². The molecule has 1 fully saturated rings. The number of amides is 1. The SMILES string of the molecule is Cc1cccc2c1N(C(=O)C(C)(N)C1CC1)CCC2. The van der Waals surface area contributed by atoms with Gasteiger partial charge in [-0.3, -0.25) is 4.79 Å². The van der Waals surface area contributed by atoms with Crippen molar-refractivity contribution in [2.75, 3.05) is 11.4 Å². The zero-order valence-electron chi connectivity index (χ0n) is 11.8. The minimum absolute atomic E-state index is 0.102. The molecule has 3 heteroatoms. The topological polar surface area (TPSA) is 46.3 Å². The molecule has 1 atom stereocenters. The molecule has 0 aromatic heterocycles. The molecule has 19 heavy (non-hydrogen) atoms. The maximum Gasteiger partial charge on any atom is 0.247 e. The molecule has 1 amide bonds. The molecule has 1 saturated carbocycles. The van der Waals surface area contributed by atoms with Gasteiger partial charge in [0.15, 0.2) is 0 Å². The second-order valence-electron chi connectivity index (χ2n) is 6.20. The number of anilines is 1. The van der Waals surface area contributed by atoms with E-state index < -0.39 is 5.54 Å². The summed E-state index contributed by atoms with van der Waals surface area (Å²) in [6.07, 6.45) is 4.27. The van der Waals surface area contributed by atoms with E-state index in [0.29, 0.717) is 5.92 Å². The largest absolute Gasteiger partial charge is 0.317 e. The lowest BCUT2D eigenvalue weighted by Crippen LogP contribution is -2.56. The Balaban J connectivity index is 1.97. The normalized spacial score (nSPS) is 21.7. The summed E-state index contributed by atoms with van der Waals surface area (Å²) in [7, 11) is 0. The van der Waals surface area contributed by atoms with Crippen molar-refractivity contribution >= 4 is 11.6 Å². The maximum atomic E-state index is 12.8. The molecule has 0 bridgehead atoms. The Morgan fingerprint density at radius 1 is 1.42 bits per heavy atom. The summed E-state index contributed by atoms with van der Waals surface area (Å²) in [6, 6.07) is 6.28. The highest BCUT2D eigenvalue weighted by Crippen LogP contribution is 2.41.